The van der Waals surface area contributed by atoms with Gasteiger partial charge in [-0.3, -0.25) is 0 Å². The van der Waals surface area contributed by atoms with Gasteiger partial charge in [-0.05, 0) is 46.9 Å². The Bertz CT molecular complexity index is 476. The predicted octanol–water partition coefficient (Wildman–Crippen LogP) is 5.23. The Morgan fingerprint density at radius 2 is 2.00 bits per heavy atom. The lowest BCUT2D eigenvalue weighted by atomic mass is 10.0. The molecule has 0 nitrogen and oxygen atoms in total. The van der Waals surface area contributed by atoms with Crippen LogP contribution < -0.4 is 0 Å². The first-order valence-electron chi connectivity index (χ1n) is 5.08. The van der Waals surface area contributed by atoms with Crippen LogP contribution >= 0.6 is 34.5 Å². The molecule has 0 aliphatic carbocycles. The molecule has 0 N–H and O–H groups in total. The molecule has 3 heteroatoms. The number of thiophene rings is 1. The summed E-state index contributed by atoms with van der Waals surface area (Å²) in [5.41, 5.74) is 3.58. The van der Waals surface area contributed by atoms with Crippen LogP contribution in [0.1, 0.15) is 22.1 Å². The first-order chi connectivity index (χ1) is 7.68. The molecule has 1 unspecified atom stereocenters. The summed E-state index contributed by atoms with van der Waals surface area (Å²) in [5, 5.41) is 5.04. The van der Waals surface area contributed by atoms with E-state index in [-0.39, 0.29) is 5.38 Å². The molecule has 0 aliphatic rings. The number of rotatable bonds is 3. The summed E-state index contributed by atoms with van der Waals surface area (Å²) in [4.78, 5) is 0. The van der Waals surface area contributed by atoms with Gasteiger partial charge in [0.2, 0.25) is 0 Å². The molecule has 0 spiro atoms. The van der Waals surface area contributed by atoms with Gasteiger partial charge in [0.1, 0.15) is 0 Å². The predicted molar refractivity (Wildman–Crippen MR) is 72.8 cm³/mol. The maximum atomic E-state index is 6.41. The molecule has 1 aromatic heterocycles. The summed E-state index contributed by atoms with van der Waals surface area (Å²) < 4.78 is 0. The van der Waals surface area contributed by atoms with Crippen LogP contribution in [0.25, 0.3) is 0 Å². The van der Waals surface area contributed by atoms with E-state index >= 15 is 0 Å². The van der Waals surface area contributed by atoms with Gasteiger partial charge in [0.05, 0.1) is 5.38 Å². The third kappa shape index (κ3) is 2.60. The normalized spacial score (nSPS) is 12.7. The Labute approximate surface area is 110 Å². The molecule has 0 radical (unpaired) electrons. The van der Waals surface area contributed by atoms with Gasteiger partial charge in [0, 0.05) is 5.02 Å². The standard InChI is InChI=1S/C13H12Cl2S/c1-9-7-16-8-11(9)13(15)6-10-4-2-3-5-12(10)14/h2-5,7-8,13H,6H2,1H3. The molecule has 0 bridgehead atoms. The maximum absolute atomic E-state index is 6.41. The molecule has 84 valence electrons. The summed E-state index contributed by atoms with van der Waals surface area (Å²) in [6, 6.07) is 7.86. The van der Waals surface area contributed by atoms with E-state index < -0.39 is 0 Å². The number of aryl methyl sites for hydroxylation is 1. The molecule has 0 saturated heterocycles. The second kappa shape index (κ2) is 5.22. The second-order valence-electron chi connectivity index (χ2n) is 3.77. The molecule has 0 saturated carbocycles. The van der Waals surface area contributed by atoms with E-state index in [0.717, 1.165) is 17.0 Å². The Hall–Kier alpha value is -0.500. The maximum Gasteiger partial charge on any atom is 0.0636 e. The van der Waals surface area contributed by atoms with Crippen LogP contribution in [0, 0.1) is 6.92 Å². The quantitative estimate of drug-likeness (QED) is 0.670. The van der Waals surface area contributed by atoms with Crippen LogP contribution in [0.3, 0.4) is 0 Å². The zero-order valence-corrected chi connectivity index (χ0v) is 11.2. The highest BCUT2D eigenvalue weighted by Crippen LogP contribution is 2.31. The van der Waals surface area contributed by atoms with Crippen LogP contribution in [0.4, 0.5) is 0 Å². The molecule has 16 heavy (non-hydrogen) atoms. The second-order valence-corrected chi connectivity index (χ2v) is 5.45. The smallest absolute Gasteiger partial charge is 0.0636 e. The lowest BCUT2D eigenvalue weighted by Gasteiger charge is -2.10. The van der Waals surface area contributed by atoms with Gasteiger partial charge in [0.25, 0.3) is 0 Å². The van der Waals surface area contributed by atoms with Gasteiger partial charge in [-0.15, -0.1) is 11.6 Å². The molecule has 1 heterocycles. The lowest BCUT2D eigenvalue weighted by Crippen LogP contribution is -1.96. The first kappa shape index (κ1) is 12.0. The SMILES string of the molecule is Cc1cscc1C(Cl)Cc1ccccc1Cl. The summed E-state index contributed by atoms with van der Waals surface area (Å²) >= 11 is 14.2. The Morgan fingerprint density at radius 1 is 1.25 bits per heavy atom. The van der Waals surface area contributed by atoms with Crippen LogP contribution in [0.5, 0.6) is 0 Å². The van der Waals surface area contributed by atoms with Crippen molar-refractivity contribution in [3.05, 3.63) is 56.7 Å². The fourth-order valence-electron chi connectivity index (χ4n) is 1.66. The van der Waals surface area contributed by atoms with E-state index in [2.05, 4.69) is 17.7 Å². The molecular weight excluding hydrogens is 259 g/mol. The number of halogens is 2. The van der Waals surface area contributed by atoms with E-state index in [9.17, 15) is 0 Å². The largest absolute Gasteiger partial charge is 0.152 e. The van der Waals surface area contributed by atoms with E-state index in [4.69, 9.17) is 23.2 Å². The minimum atomic E-state index is 0.00569. The summed E-state index contributed by atoms with van der Waals surface area (Å²) in [6.45, 7) is 2.09. The lowest BCUT2D eigenvalue weighted by molar-refractivity contribution is 0.916. The number of benzene rings is 1. The third-order valence-electron chi connectivity index (χ3n) is 2.59. The molecule has 2 aromatic rings. The average molecular weight is 271 g/mol. The van der Waals surface area contributed by atoms with Crippen molar-refractivity contribution < 1.29 is 0 Å². The molecule has 2 rings (SSSR count). The van der Waals surface area contributed by atoms with Crippen molar-refractivity contribution in [2.24, 2.45) is 0 Å². The average Bonchev–Trinajstić information content (AvgIpc) is 2.68. The van der Waals surface area contributed by atoms with Crippen molar-refractivity contribution >= 4 is 34.5 Å². The van der Waals surface area contributed by atoms with Crippen molar-refractivity contribution in [3.63, 3.8) is 0 Å². The highest BCUT2D eigenvalue weighted by atomic mass is 35.5. The van der Waals surface area contributed by atoms with Crippen LogP contribution in [-0.2, 0) is 6.42 Å². The summed E-state index contributed by atoms with van der Waals surface area (Å²) in [5.74, 6) is 0. The molecular formula is C13H12Cl2S. The number of hydrogen-bond donors (Lipinski definition) is 0. The highest BCUT2D eigenvalue weighted by Gasteiger charge is 2.13. The molecule has 1 aromatic carbocycles. The number of hydrogen-bond acceptors (Lipinski definition) is 1. The Kier molecular flexibility index (Phi) is 3.91. The topological polar surface area (TPSA) is 0 Å². The molecule has 0 fully saturated rings. The fourth-order valence-corrected chi connectivity index (χ4v) is 3.25. The van der Waals surface area contributed by atoms with Crippen molar-refractivity contribution in [2.75, 3.05) is 0 Å². The monoisotopic (exact) mass is 270 g/mol. The minimum absolute atomic E-state index is 0.00569. The van der Waals surface area contributed by atoms with Crippen LogP contribution in [0.15, 0.2) is 35.0 Å². The van der Waals surface area contributed by atoms with Gasteiger partial charge in [-0.1, -0.05) is 29.8 Å². The van der Waals surface area contributed by atoms with Gasteiger partial charge >= 0.3 is 0 Å². The van der Waals surface area contributed by atoms with Gasteiger partial charge in [-0.25, -0.2) is 0 Å². The van der Waals surface area contributed by atoms with E-state index in [1.54, 1.807) is 11.3 Å². The molecule has 1 atom stereocenters. The van der Waals surface area contributed by atoms with Crippen molar-refractivity contribution in [1.29, 1.82) is 0 Å². The van der Waals surface area contributed by atoms with E-state index in [1.165, 1.54) is 11.1 Å². The highest BCUT2D eigenvalue weighted by molar-refractivity contribution is 7.08. The van der Waals surface area contributed by atoms with Gasteiger partial charge < -0.3 is 0 Å². The first-order valence-corrected chi connectivity index (χ1v) is 6.84. The van der Waals surface area contributed by atoms with Crippen molar-refractivity contribution in [1.82, 2.24) is 0 Å². The van der Waals surface area contributed by atoms with Gasteiger partial charge in [0.15, 0.2) is 0 Å². The van der Waals surface area contributed by atoms with Crippen molar-refractivity contribution in [2.45, 2.75) is 18.7 Å². The zero-order valence-electron chi connectivity index (χ0n) is 8.91. The van der Waals surface area contributed by atoms with E-state index in [1.807, 2.05) is 24.3 Å². The fraction of sp³-hybridized carbons (Fsp3) is 0.231. The Morgan fingerprint density at radius 3 is 2.62 bits per heavy atom. The molecule has 0 amide bonds. The number of alkyl halides is 1. The van der Waals surface area contributed by atoms with Crippen molar-refractivity contribution in [3.8, 4) is 0 Å². The van der Waals surface area contributed by atoms with Crippen LogP contribution in [-0.4, -0.2) is 0 Å². The van der Waals surface area contributed by atoms with E-state index in [0.29, 0.717) is 0 Å². The third-order valence-corrected chi connectivity index (χ3v) is 4.23. The molecule has 0 aliphatic heterocycles. The summed E-state index contributed by atoms with van der Waals surface area (Å²) in [7, 11) is 0. The Balaban J connectivity index is 2.17. The summed E-state index contributed by atoms with van der Waals surface area (Å²) in [6.07, 6.45) is 0.777. The zero-order chi connectivity index (χ0) is 11.5. The van der Waals surface area contributed by atoms with Crippen LogP contribution in [0.2, 0.25) is 5.02 Å². The van der Waals surface area contributed by atoms with Gasteiger partial charge in [-0.2, -0.15) is 11.3 Å². The minimum Gasteiger partial charge on any atom is -0.152 e.